The van der Waals surface area contributed by atoms with Crippen molar-refractivity contribution in [3.05, 3.63) is 53.4 Å². The van der Waals surface area contributed by atoms with Crippen molar-refractivity contribution in [2.75, 3.05) is 0 Å². The molecule has 0 amide bonds. The van der Waals surface area contributed by atoms with Crippen molar-refractivity contribution in [2.45, 2.75) is 24.9 Å². The Bertz CT molecular complexity index is 732. The van der Waals surface area contributed by atoms with E-state index in [1.807, 2.05) is 0 Å². The third-order valence-electron chi connectivity index (χ3n) is 2.83. The van der Waals surface area contributed by atoms with E-state index in [9.17, 15) is 12.8 Å². The first-order valence-corrected chi connectivity index (χ1v) is 7.66. The molecule has 0 aliphatic rings. The fraction of sp³-hybridized carbons (Fsp3) is 0.231. The van der Waals surface area contributed by atoms with Gasteiger partial charge in [-0.3, -0.25) is 9.97 Å². The number of nitrogens with two attached hydrogens (primary N) is 1. The minimum absolute atomic E-state index is 0.00491. The third kappa shape index (κ3) is 3.81. The zero-order valence-corrected chi connectivity index (χ0v) is 12.2. The van der Waals surface area contributed by atoms with Gasteiger partial charge < -0.3 is 5.73 Å². The number of nitrogens with one attached hydrogen (secondary N) is 1. The third-order valence-corrected chi connectivity index (χ3v) is 4.22. The lowest BCUT2D eigenvalue weighted by Crippen LogP contribution is -2.24. The molecule has 1 aromatic carbocycles. The van der Waals surface area contributed by atoms with Gasteiger partial charge in [0, 0.05) is 18.3 Å². The number of sulfonamides is 1. The lowest BCUT2D eigenvalue weighted by atomic mass is 10.2. The van der Waals surface area contributed by atoms with E-state index in [-0.39, 0.29) is 23.5 Å². The summed E-state index contributed by atoms with van der Waals surface area (Å²) in [6, 6.07) is 3.50. The van der Waals surface area contributed by atoms with Crippen LogP contribution in [0.1, 0.15) is 17.0 Å². The predicted octanol–water partition coefficient (Wildman–Crippen LogP) is 0.861. The molecule has 1 aromatic heterocycles. The Labute approximate surface area is 122 Å². The van der Waals surface area contributed by atoms with E-state index in [0.717, 1.165) is 11.8 Å². The number of nitrogens with zero attached hydrogens (tertiary/aromatic N) is 2. The van der Waals surface area contributed by atoms with Crippen molar-refractivity contribution in [3.8, 4) is 0 Å². The molecule has 0 atom stereocenters. The van der Waals surface area contributed by atoms with E-state index in [1.54, 1.807) is 13.1 Å². The van der Waals surface area contributed by atoms with Crippen LogP contribution in [0.3, 0.4) is 0 Å². The average Bonchev–Trinajstić information content (AvgIpc) is 2.47. The quantitative estimate of drug-likeness (QED) is 0.853. The predicted molar refractivity (Wildman–Crippen MR) is 75.1 cm³/mol. The smallest absolute Gasteiger partial charge is 0.240 e. The average molecular weight is 310 g/mol. The highest BCUT2D eigenvalue weighted by Crippen LogP contribution is 2.15. The van der Waals surface area contributed by atoms with Crippen molar-refractivity contribution in [3.63, 3.8) is 0 Å². The van der Waals surface area contributed by atoms with E-state index < -0.39 is 15.8 Å². The minimum atomic E-state index is -3.76. The number of benzene rings is 1. The molecule has 21 heavy (non-hydrogen) atoms. The number of hydrogen-bond acceptors (Lipinski definition) is 5. The van der Waals surface area contributed by atoms with Crippen LogP contribution in [0.2, 0.25) is 0 Å². The van der Waals surface area contributed by atoms with E-state index in [1.165, 1.54) is 18.3 Å². The Balaban J connectivity index is 2.16. The van der Waals surface area contributed by atoms with Gasteiger partial charge in [-0.1, -0.05) is 0 Å². The first kappa shape index (κ1) is 15.5. The zero-order valence-electron chi connectivity index (χ0n) is 11.4. The first-order chi connectivity index (χ1) is 9.92. The summed E-state index contributed by atoms with van der Waals surface area (Å²) in [5.41, 5.74) is 6.75. The van der Waals surface area contributed by atoms with Gasteiger partial charge in [-0.05, 0) is 25.1 Å². The highest BCUT2D eigenvalue weighted by Gasteiger charge is 2.16. The molecule has 6 nitrogen and oxygen atoms in total. The summed E-state index contributed by atoms with van der Waals surface area (Å²) >= 11 is 0. The van der Waals surface area contributed by atoms with Crippen molar-refractivity contribution in [1.29, 1.82) is 0 Å². The highest BCUT2D eigenvalue weighted by molar-refractivity contribution is 7.89. The summed E-state index contributed by atoms with van der Waals surface area (Å²) in [4.78, 5) is 8.04. The molecule has 0 fully saturated rings. The lowest BCUT2D eigenvalue weighted by Gasteiger charge is -2.08. The number of aromatic nitrogens is 2. The lowest BCUT2D eigenvalue weighted by molar-refractivity contribution is 0.578. The van der Waals surface area contributed by atoms with Crippen molar-refractivity contribution < 1.29 is 12.8 Å². The minimum Gasteiger partial charge on any atom is -0.326 e. The zero-order chi connectivity index (χ0) is 15.5. The molecule has 0 saturated carbocycles. The SMILES string of the molecule is Cc1cnc(CNS(=O)(=O)c2ccc(F)c(CN)c2)cn1. The maximum Gasteiger partial charge on any atom is 0.240 e. The van der Waals surface area contributed by atoms with E-state index in [0.29, 0.717) is 5.69 Å². The van der Waals surface area contributed by atoms with Gasteiger partial charge in [-0.15, -0.1) is 0 Å². The Hall–Kier alpha value is -1.90. The monoisotopic (exact) mass is 310 g/mol. The summed E-state index contributed by atoms with van der Waals surface area (Å²) in [6.07, 6.45) is 3.04. The maximum atomic E-state index is 13.3. The van der Waals surface area contributed by atoms with Gasteiger partial charge in [0.25, 0.3) is 0 Å². The Morgan fingerprint density at radius 1 is 1.29 bits per heavy atom. The largest absolute Gasteiger partial charge is 0.326 e. The van der Waals surface area contributed by atoms with Crippen LogP contribution >= 0.6 is 0 Å². The number of halogens is 1. The van der Waals surface area contributed by atoms with Crippen LogP contribution in [0.15, 0.2) is 35.5 Å². The fourth-order valence-corrected chi connectivity index (χ4v) is 2.69. The molecule has 2 rings (SSSR count). The van der Waals surface area contributed by atoms with Crippen LogP contribution in [0, 0.1) is 12.7 Å². The molecule has 1 heterocycles. The fourth-order valence-electron chi connectivity index (χ4n) is 1.64. The van der Waals surface area contributed by atoms with Crippen molar-refractivity contribution >= 4 is 10.0 Å². The highest BCUT2D eigenvalue weighted by atomic mass is 32.2. The standard InChI is InChI=1S/C13H15FN4O2S/c1-9-6-17-11(7-16-9)8-18-21(19,20)12-2-3-13(14)10(4-12)5-15/h2-4,6-7,18H,5,8,15H2,1H3. The second-order valence-electron chi connectivity index (χ2n) is 4.43. The van der Waals surface area contributed by atoms with E-state index in [2.05, 4.69) is 14.7 Å². The van der Waals surface area contributed by atoms with Crippen LogP contribution in [-0.2, 0) is 23.1 Å². The number of rotatable bonds is 5. The Morgan fingerprint density at radius 2 is 2.05 bits per heavy atom. The van der Waals surface area contributed by atoms with Gasteiger partial charge in [-0.2, -0.15) is 0 Å². The second kappa shape index (κ2) is 6.25. The van der Waals surface area contributed by atoms with Gasteiger partial charge in [0.2, 0.25) is 10.0 Å². The maximum absolute atomic E-state index is 13.3. The van der Waals surface area contributed by atoms with Crippen LogP contribution in [0.5, 0.6) is 0 Å². The summed E-state index contributed by atoms with van der Waals surface area (Å²) in [6.45, 7) is 1.72. The van der Waals surface area contributed by atoms with Crippen molar-refractivity contribution in [2.24, 2.45) is 5.73 Å². The van der Waals surface area contributed by atoms with Crippen LogP contribution in [0.25, 0.3) is 0 Å². The van der Waals surface area contributed by atoms with Gasteiger partial charge in [-0.25, -0.2) is 17.5 Å². The Morgan fingerprint density at radius 3 is 2.67 bits per heavy atom. The molecule has 0 unspecified atom stereocenters. The topological polar surface area (TPSA) is 98.0 Å². The van der Waals surface area contributed by atoms with E-state index in [4.69, 9.17) is 5.73 Å². The van der Waals surface area contributed by atoms with Crippen LogP contribution < -0.4 is 10.5 Å². The van der Waals surface area contributed by atoms with Gasteiger partial charge >= 0.3 is 0 Å². The first-order valence-electron chi connectivity index (χ1n) is 6.18. The van der Waals surface area contributed by atoms with Gasteiger partial charge in [0.1, 0.15) is 5.82 Å². The Kier molecular flexibility index (Phi) is 4.61. The number of aryl methyl sites for hydroxylation is 1. The number of hydrogen-bond donors (Lipinski definition) is 2. The van der Waals surface area contributed by atoms with Gasteiger partial charge in [0.15, 0.2) is 0 Å². The molecule has 0 spiro atoms. The summed E-state index contributed by atoms with van der Waals surface area (Å²) in [5.74, 6) is -0.527. The molecule has 0 radical (unpaired) electrons. The molecule has 0 saturated heterocycles. The molecule has 3 N–H and O–H groups in total. The molecule has 0 aliphatic carbocycles. The molecule has 0 bridgehead atoms. The molecule has 8 heteroatoms. The summed E-state index contributed by atoms with van der Waals surface area (Å²) < 4.78 is 40.0. The molecular formula is C13H15FN4O2S. The van der Waals surface area contributed by atoms with Crippen molar-refractivity contribution in [1.82, 2.24) is 14.7 Å². The van der Waals surface area contributed by atoms with Crippen LogP contribution in [-0.4, -0.2) is 18.4 Å². The summed E-state index contributed by atoms with van der Waals surface area (Å²) in [7, 11) is -3.76. The molecule has 112 valence electrons. The summed E-state index contributed by atoms with van der Waals surface area (Å²) in [5, 5.41) is 0. The second-order valence-corrected chi connectivity index (χ2v) is 6.20. The molecule has 0 aliphatic heterocycles. The molecular weight excluding hydrogens is 295 g/mol. The molecule has 2 aromatic rings. The normalized spacial score (nSPS) is 11.6. The van der Waals surface area contributed by atoms with Gasteiger partial charge in [0.05, 0.1) is 29.0 Å². The van der Waals surface area contributed by atoms with E-state index >= 15 is 0 Å². The van der Waals surface area contributed by atoms with Crippen LogP contribution in [0.4, 0.5) is 4.39 Å².